The summed E-state index contributed by atoms with van der Waals surface area (Å²) in [6, 6.07) is 13.9. The molecule has 1 atom stereocenters. The van der Waals surface area contributed by atoms with Crippen molar-refractivity contribution in [2.24, 2.45) is 0 Å². The summed E-state index contributed by atoms with van der Waals surface area (Å²) in [6.07, 6.45) is 7.35. The van der Waals surface area contributed by atoms with Gasteiger partial charge in [0.2, 0.25) is 0 Å². The topological polar surface area (TPSA) is 58.4 Å². The molecule has 2 aromatic heterocycles. The Morgan fingerprint density at radius 3 is 2.65 bits per heavy atom. The number of halogens is 1. The average molecular weight is 494 g/mol. The van der Waals surface area contributed by atoms with E-state index in [2.05, 4.69) is 16.9 Å². The predicted octanol–water partition coefficient (Wildman–Crippen LogP) is 7.14. The lowest BCUT2D eigenvalue weighted by molar-refractivity contribution is 0.560. The van der Waals surface area contributed by atoms with Crippen LogP contribution >= 0.6 is 0 Å². The van der Waals surface area contributed by atoms with Gasteiger partial charge in [-0.2, -0.15) is 0 Å². The molecule has 186 valence electrons. The van der Waals surface area contributed by atoms with Crippen molar-refractivity contribution in [3.05, 3.63) is 124 Å². The fourth-order valence-corrected chi connectivity index (χ4v) is 4.64. The van der Waals surface area contributed by atoms with Gasteiger partial charge in [-0.3, -0.25) is 9.78 Å². The first-order valence-electron chi connectivity index (χ1n) is 12.1. The number of aryl methyl sites for hydroxylation is 1. The van der Waals surface area contributed by atoms with Crippen LogP contribution in [0.25, 0.3) is 27.8 Å². The normalized spacial score (nSPS) is 14.1. The van der Waals surface area contributed by atoms with Crippen LogP contribution in [0.1, 0.15) is 35.4 Å². The van der Waals surface area contributed by atoms with Crippen LogP contribution in [-0.4, -0.2) is 16.9 Å². The van der Waals surface area contributed by atoms with Crippen LogP contribution < -0.4 is 10.7 Å². The average Bonchev–Trinajstić information content (AvgIpc) is 2.88. The number of allylic oxidation sites excluding steroid dienone is 3. The number of fused-ring (bicyclic) bond motifs is 1. The van der Waals surface area contributed by atoms with E-state index in [-0.39, 0.29) is 17.3 Å². The van der Waals surface area contributed by atoms with Crippen molar-refractivity contribution >= 4 is 22.2 Å². The molecule has 0 aliphatic carbocycles. The van der Waals surface area contributed by atoms with E-state index in [0.29, 0.717) is 39.2 Å². The van der Waals surface area contributed by atoms with E-state index in [9.17, 15) is 9.18 Å². The van der Waals surface area contributed by atoms with E-state index < -0.39 is 0 Å². The number of anilines is 1. The van der Waals surface area contributed by atoms with Gasteiger partial charge in [-0.05, 0) is 68.8 Å². The molecule has 3 heterocycles. The molecule has 1 N–H and O–H groups in total. The maximum atomic E-state index is 14.6. The Balaban J connectivity index is 1.63. The number of aromatic nitrogens is 1. The summed E-state index contributed by atoms with van der Waals surface area (Å²) in [7, 11) is 1.90. The van der Waals surface area contributed by atoms with Crippen LogP contribution in [0.4, 0.5) is 10.1 Å². The molecule has 0 radical (unpaired) electrons. The zero-order chi connectivity index (χ0) is 26.3. The molecule has 0 saturated heterocycles. The Morgan fingerprint density at radius 1 is 1.11 bits per heavy atom. The van der Waals surface area contributed by atoms with Crippen molar-refractivity contribution in [2.45, 2.75) is 26.8 Å². The molecular weight excluding hydrogens is 465 g/mol. The molecule has 0 fully saturated rings. The zero-order valence-electron chi connectivity index (χ0n) is 21.3. The van der Waals surface area contributed by atoms with Gasteiger partial charge in [0.25, 0.3) is 0 Å². The van der Waals surface area contributed by atoms with Gasteiger partial charge >= 0.3 is 0 Å². The number of benzene rings is 2. The first-order valence-corrected chi connectivity index (χ1v) is 12.1. The number of pyridine rings is 1. The molecule has 37 heavy (non-hydrogen) atoms. The highest BCUT2D eigenvalue weighted by molar-refractivity contribution is 5.86. The van der Waals surface area contributed by atoms with Crippen LogP contribution in [0.2, 0.25) is 0 Å². The molecule has 5 rings (SSSR count). The van der Waals surface area contributed by atoms with E-state index >= 15 is 0 Å². The fourth-order valence-electron chi connectivity index (χ4n) is 4.64. The molecule has 0 saturated carbocycles. The van der Waals surface area contributed by atoms with Crippen molar-refractivity contribution in [3.8, 4) is 11.3 Å². The fraction of sp³-hybridized carbons (Fsp3) is 0.161. The summed E-state index contributed by atoms with van der Waals surface area (Å²) in [5.74, 6) is 0.185. The predicted molar refractivity (Wildman–Crippen MR) is 148 cm³/mol. The molecule has 2 aromatic carbocycles. The SMILES string of the molecule is C=C1C=CC(c2oc3c([C@@H](C)Nc4cccnc4-c4ccccc4F)cc(C)cc3c(=O)c2C)=CN1C. The summed E-state index contributed by atoms with van der Waals surface area (Å²) in [5.41, 5.74) is 6.04. The summed E-state index contributed by atoms with van der Waals surface area (Å²) in [4.78, 5) is 19.8. The maximum Gasteiger partial charge on any atom is 0.196 e. The number of nitrogens with one attached hydrogen (secondary N) is 1. The quantitative estimate of drug-likeness (QED) is 0.320. The molecule has 0 bridgehead atoms. The molecule has 4 aromatic rings. The Morgan fingerprint density at radius 2 is 1.89 bits per heavy atom. The van der Waals surface area contributed by atoms with Gasteiger partial charge < -0.3 is 14.6 Å². The molecule has 0 unspecified atom stereocenters. The third-order valence-electron chi connectivity index (χ3n) is 6.67. The number of hydrogen-bond donors (Lipinski definition) is 1. The number of nitrogens with zero attached hydrogens (tertiary/aromatic N) is 2. The van der Waals surface area contributed by atoms with Crippen LogP contribution in [-0.2, 0) is 0 Å². The Bertz CT molecular complexity index is 1670. The van der Waals surface area contributed by atoms with E-state index in [4.69, 9.17) is 4.42 Å². The largest absolute Gasteiger partial charge is 0.455 e. The number of likely N-dealkylation sites (N-methyl/N-ethyl adjacent to an activating group) is 1. The highest BCUT2D eigenvalue weighted by Gasteiger charge is 2.21. The van der Waals surface area contributed by atoms with Crippen LogP contribution in [0.15, 0.2) is 94.6 Å². The minimum atomic E-state index is -0.342. The van der Waals surface area contributed by atoms with Crippen LogP contribution in [0.5, 0.6) is 0 Å². The minimum Gasteiger partial charge on any atom is -0.455 e. The van der Waals surface area contributed by atoms with Crippen molar-refractivity contribution in [2.75, 3.05) is 12.4 Å². The smallest absolute Gasteiger partial charge is 0.196 e. The Kier molecular flexibility index (Phi) is 6.25. The summed E-state index contributed by atoms with van der Waals surface area (Å²) >= 11 is 0. The molecule has 0 amide bonds. The monoisotopic (exact) mass is 493 g/mol. The maximum absolute atomic E-state index is 14.6. The molecule has 6 heteroatoms. The second-order valence-electron chi connectivity index (χ2n) is 9.38. The van der Waals surface area contributed by atoms with Gasteiger partial charge in [0.05, 0.1) is 22.8 Å². The van der Waals surface area contributed by atoms with E-state index in [1.54, 1.807) is 31.3 Å². The molecule has 0 spiro atoms. The number of rotatable bonds is 5. The van der Waals surface area contributed by atoms with Gasteiger partial charge in [0.15, 0.2) is 5.43 Å². The lowest BCUT2D eigenvalue weighted by atomic mass is 9.98. The molecule has 1 aliphatic heterocycles. The van der Waals surface area contributed by atoms with Gasteiger partial charge in [-0.15, -0.1) is 0 Å². The van der Waals surface area contributed by atoms with Gasteiger partial charge in [-0.25, -0.2) is 4.39 Å². The van der Waals surface area contributed by atoms with Gasteiger partial charge in [-0.1, -0.05) is 24.8 Å². The lowest BCUT2D eigenvalue weighted by Gasteiger charge is -2.22. The first kappa shape index (κ1) is 24.3. The molecule has 1 aliphatic rings. The van der Waals surface area contributed by atoms with E-state index in [1.807, 2.05) is 68.4 Å². The Hall–Kier alpha value is -4.45. The number of hydrogen-bond acceptors (Lipinski definition) is 5. The Labute approximate surface area is 215 Å². The minimum absolute atomic E-state index is 0.0665. The second-order valence-corrected chi connectivity index (χ2v) is 9.38. The lowest BCUT2D eigenvalue weighted by Crippen LogP contribution is -2.15. The highest BCUT2D eigenvalue weighted by atomic mass is 19.1. The highest BCUT2D eigenvalue weighted by Crippen LogP contribution is 2.34. The van der Waals surface area contributed by atoms with Crippen LogP contribution in [0, 0.1) is 19.7 Å². The molecule has 5 nitrogen and oxygen atoms in total. The third-order valence-corrected chi connectivity index (χ3v) is 6.67. The third kappa shape index (κ3) is 4.47. The summed E-state index contributed by atoms with van der Waals surface area (Å²) < 4.78 is 21.1. The van der Waals surface area contributed by atoms with Crippen LogP contribution in [0.3, 0.4) is 0 Å². The van der Waals surface area contributed by atoms with Gasteiger partial charge in [0.1, 0.15) is 17.2 Å². The van der Waals surface area contributed by atoms with E-state index in [0.717, 1.165) is 22.4 Å². The van der Waals surface area contributed by atoms with Crippen molar-refractivity contribution in [1.82, 2.24) is 9.88 Å². The summed E-state index contributed by atoms with van der Waals surface area (Å²) in [5, 5.41) is 4.01. The summed E-state index contributed by atoms with van der Waals surface area (Å²) in [6.45, 7) is 9.74. The standard InChI is InChI=1S/C31H28FN3O2/c1-18-15-24(21(4)34-27-11-8-14-33-28(27)23-9-6-7-10-26(23)32)31-25(16-18)29(36)20(3)30(37-31)22-13-12-19(2)35(5)17-22/h6-17,21,34H,2H2,1,3-5H3/t21-/m1/s1. The van der Waals surface area contributed by atoms with Crippen molar-refractivity contribution in [1.29, 1.82) is 0 Å². The second kappa shape index (κ2) is 9.54. The molecular formula is C31H28FN3O2. The zero-order valence-corrected chi connectivity index (χ0v) is 21.3. The first-order chi connectivity index (χ1) is 17.7. The van der Waals surface area contributed by atoms with Crippen molar-refractivity contribution in [3.63, 3.8) is 0 Å². The van der Waals surface area contributed by atoms with Crippen molar-refractivity contribution < 1.29 is 8.81 Å². The van der Waals surface area contributed by atoms with E-state index in [1.165, 1.54) is 6.07 Å². The van der Waals surface area contributed by atoms with Gasteiger partial charge in [0, 0.05) is 47.4 Å².